The molecule has 3 nitrogen and oxygen atoms in total. The summed E-state index contributed by atoms with van der Waals surface area (Å²) in [7, 11) is 0. The first-order valence-electron chi connectivity index (χ1n) is 9.03. The van der Waals surface area contributed by atoms with Crippen LogP contribution < -0.4 is 4.74 Å². The van der Waals surface area contributed by atoms with E-state index < -0.39 is 0 Å². The summed E-state index contributed by atoms with van der Waals surface area (Å²) in [5.41, 5.74) is 0.538. The number of hydrogen-bond acceptors (Lipinski definition) is 3. The molecule has 1 aromatic heterocycles. The maximum Gasteiger partial charge on any atom is 0.317 e. The van der Waals surface area contributed by atoms with E-state index in [4.69, 9.17) is 4.74 Å². The van der Waals surface area contributed by atoms with E-state index in [9.17, 15) is 4.79 Å². The van der Waals surface area contributed by atoms with Crippen LogP contribution in [0.25, 0.3) is 0 Å². The monoisotopic (exact) mass is 313 g/mol. The van der Waals surface area contributed by atoms with Crippen LogP contribution >= 0.6 is 0 Å². The van der Waals surface area contributed by atoms with Crippen LogP contribution in [0.5, 0.6) is 5.75 Å². The maximum absolute atomic E-state index is 13.1. The Morgan fingerprint density at radius 1 is 1.13 bits per heavy atom. The second-order valence-electron chi connectivity index (χ2n) is 9.19. The van der Waals surface area contributed by atoms with Gasteiger partial charge in [0.2, 0.25) is 0 Å². The highest BCUT2D eigenvalue weighted by Crippen LogP contribution is 2.60. The Morgan fingerprint density at radius 2 is 1.70 bits per heavy atom. The molecule has 1 aromatic rings. The van der Waals surface area contributed by atoms with Gasteiger partial charge in [-0.2, -0.15) is 0 Å². The molecule has 1 heterocycles. The summed E-state index contributed by atoms with van der Waals surface area (Å²) in [5.74, 6) is 2.93. The Hall–Kier alpha value is -1.38. The fourth-order valence-corrected chi connectivity index (χ4v) is 5.60. The summed E-state index contributed by atoms with van der Waals surface area (Å²) >= 11 is 0. The van der Waals surface area contributed by atoms with Gasteiger partial charge in [0.05, 0.1) is 11.1 Å². The first-order valence-corrected chi connectivity index (χ1v) is 9.03. The minimum atomic E-state index is -0.209. The highest BCUT2D eigenvalue weighted by atomic mass is 16.5. The van der Waals surface area contributed by atoms with Gasteiger partial charge in [-0.1, -0.05) is 20.8 Å². The van der Waals surface area contributed by atoms with E-state index in [-0.39, 0.29) is 16.8 Å². The highest BCUT2D eigenvalue weighted by molar-refractivity contribution is 5.80. The van der Waals surface area contributed by atoms with Crippen molar-refractivity contribution in [1.29, 1.82) is 0 Å². The van der Waals surface area contributed by atoms with Gasteiger partial charge in [0.1, 0.15) is 0 Å². The van der Waals surface area contributed by atoms with Gasteiger partial charge < -0.3 is 4.74 Å². The average Bonchev–Trinajstić information content (AvgIpc) is 2.45. The summed E-state index contributed by atoms with van der Waals surface area (Å²) in [6, 6.07) is 3.75. The highest BCUT2D eigenvalue weighted by Gasteiger charge is 2.55. The van der Waals surface area contributed by atoms with Gasteiger partial charge in [0.15, 0.2) is 5.75 Å². The molecule has 0 aromatic carbocycles. The molecule has 3 heteroatoms. The summed E-state index contributed by atoms with van der Waals surface area (Å²) in [5, 5.41) is 0. The Balaban J connectivity index is 1.60. The van der Waals surface area contributed by atoms with Crippen LogP contribution in [0.1, 0.15) is 65.0 Å². The number of carbonyl (C=O) groups excluding carboxylic acids is 1. The van der Waals surface area contributed by atoms with E-state index in [0.29, 0.717) is 5.75 Å². The van der Waals surface area contributed by atoms with Crippen LogP contribution in [0.3, 0.4) is 0 Å². The molecule has 0 N–H and O–H groups in total. The zero-order chi connectivity index (χ0) is 16.2. The zero-order valence-corrected chi connectivity index (χ0v) is 14.5. The predicted octanol–water partition coefficient (Wildman–Crippen LogP) is 4.50. The van der Waals surface area contributed by atoms with Crippen LogP contribution in [0.15, 0.2) is 18.3 Å². The minimum Gasteiger partial charge on any atom is -0.424 e. The Bertz CT molecular complexity index is 593. The second kappa shape index (κ2) is 5.06. The third-order valence-corrected chi connectivity index (χ3v) is 6.16. The van der Waals surface area contributed by atoms with Gasteiger partial charge in [0, 0.05) is 11.6 Å². The van der Waals surface area contributed by atoms with Crippen LogP contribution in [0.4, 0.5) is 0 Å². The van der Waals surface area contributed by atoms with Gasteiger partial charge >= 0.3 is 5.97 Å². The molecule has 0 amide bonds. The topological polar surface area (TPSA) is 39.2 Å². The van der Waals surface area contributed by atoms with E-state index in [1.165, 1.54) is 19.3 Å². The molecule has 4 aliphatic carbocycles. The van der Waals surface area contributed by atoms with Gasteiger partial charge in [0.25, 0.3) is 0 Å². The normalized spacial score (nSPS) is 35.3. The minimum absolute atomic E-state index is 0.00935. The first kappa shape index (κ1) is 15.2. The van der Waals surface area contributed by atoms with Crippen LogP contribution in [-0.4, -0.2) is 11.0 Å². The van der Waals surface area contributed by atoms with Crippen molar-refractivity contribution in [3.05, 3.63) is 24.0 Å². The molecule has 0 radical (unpaired) electrons. The zero-order valence-electron chi connectivity index (χ0n) is 14.5. The molecule has 0 spiro atoms. The lowest BCUT2D eigenvalue weighted by atomic mass is 9.49. The molecular formula is C20H27NO2. The molecule has 4 aliphatic rings. The molecule has 4 fully saturated rings. The Kier molecular flexibility index (Phi) is 3.33. The standard InChI is InChI=1S/C20H27NO2/c1-19(2,3)17-16(5-4-6-21-17)23-18(22)20-10-13-7-14(11-20)9-15(8-13)12-20/h4-6,13-15H,7-12H2,1-3H3. The van der Waals surface area contributed by atoms with E-state index in [2.05, 4.69) is 25.8 Å². The lowest BCUT2D eigenvalue weighted by Gasteiger charge is -2.55. The number of nitrogens with zero attached hydrogens (tertiary/aromatic N) is 1. The average molecular weight is 313 g/mol. The van der Waals surface area contributed by atoms with Crippen molar-refractivity contribution in [3.63, 3.8) is 0 Å². The molecular weight excluding hydrogens is 286 g/mol. The lowest BCUT2D eigenvalue weighted by molar-refractivity contribution is -0.161. The number of aromatic nitrogens is 1. The van der Waals surface area contributed by atoms with E-state index in [0.717, 1.165) is 42.7 Å². The molecule has 0 atom stereocenters. The van der Waals surface area contributed by atoms with Crippen LogP contribution in [0.2, 0.25) is 0 Å². The number of esters is 1. The fourth-order valence-electron chi connectivity index (χ4n) is 5.60. The summed E-state index contributed by atoms with van der Waals surface area (Å²) < 4.78 is 5.96. The van der Waals surface area contributed by atoms with Crippen molar-refractivity contribution in [2.75, 3.05) is 0 Å². The van der Waals surface area contributed by atoms with Gasteiger partial charge in [-0.3, -0.25) is 9.78 Å². The van der Waals surface area contributed by atoms with Crippen molar-refractivity contribution in [1.82, 2.24) is 4.98 Å². The third-order valence-electron chi connectivity index (χ3n) is 6.16. The molecule has 5 rings (SSSR count). The summed E-state index contributed by atoms with van der Waals surface area (Å²) in [6.45, 7) is 6.33. The summed E-state index contributed by atoms with van der Waals surface area (Å²) in [6.07, 6.45) is 8.93. The van der Waals surface area contributed by atoms with Crippen molar-refractivity contribution in [3.8, 4) is 5.75 Å². The quantitative estimate of drug-likeness (QED) is 0.755. The lowest BCUT2D eigenvalue weighted by Crippen LogP contribution is -2.51. The van der Waals surface area contributed by atoms with Crippen LogP contribution in [0, 0.1) is 23.2 Å². The van der Waals surface area contributed by atoms with Crippen molar-refractivity contribution in [2.45, 2.75) is 64.7 Å². The van der Waals surface area contributed by atoms with Crippen molar-refractivity contribution in [2.24, 2.45) is 23.2 Å². The Labute approximate surface area is 138 Å². The molecule has 0 saturated heterocycles. The largest absolute Gasteiger partial charge is 0.424 e. The Morgan fingerprint density at radius 3 is 2.22 bits per heavy atom. The molecule has 0 aliphatic heterocycles. The third kappa shape index (κ3) is 2.58. The fraction of sp³-hybridized carbons (Fsp3) is 0.700. The van der Waals surface area contributed by atoms with E-state index in [1.807, 2.05) is 12.1 Å². The molecule has 4 bridgehead atoms. The predicted molar refractivity (Wildman–Crippen MR) is 89.2 cm³/mol. The van der Waals surface area contributed by atoms with Gasteiger partial charge in [-0.05, 0) is 68.4 Å². The molecule has 0 unspecified atom stereocenters. The van der Waals surface area contributed by atoms with Gasteiger partial charge in [-0.15, -0.1) is 0 Å². The van der Waals surface area contributed by atoms with Gasteiger partial charge in [-0.25, -0.2) is 0 Å². The SMILES string of the molecule is CC(C)(C)c1ncccc1OC(=O)C12CC3CC(CC(C3)C1)C2. The smallest absolute Gasteiger partial charge is 0.317 e. The number of carbonyl (C=O) groups is 1. The number of hydrogen-bond donors (Lipinski definition) is 0. The van der Waals surface area contributed by atoms with E-state index >= 15 is 0 Å². The molecule has 4 saturated carbocycles. The van der Waals surface area contributed by atoms with Crippen molar-refractivity contribution < 1.29 is 9.53 Å². The van der Waals surface area contributed by atoms with Crippen LogP contribution in [-0.2, 0) is 10.2 Å². The van der Waals surface area contributed by atoms with E-state index in [1.54, 1.807) is 6.20 Å². The number of pyridine rings is 1. The number of rotatable bonds is 2. The summed E-state index contributed by atoms with van der Waals surface area (Å²) in [4.78, 5) is 17.6. The first-order chi connectivity index (χ1) is 10.9. The van der Waals surface area contributed by atoms with Crippen molar-refractivity contribution >= 4 is 5.97 Å². The molecule has 23 heavy (non-hydrogen) atoms. The number of ether oxygens (including phenoxy) is 1. The maximum atomic E-state index is 13.1. The second-order valence-corrected chi connectivity index (χ2v) is 9.19. The molecule has 124 valence electrons.